The number of halogens is 2. The number of nitrogens with two attached hydrogens (primary N) is 1. The first-order valence-electron chi connectivity index (χ1n) is 9.73. The highest BCUT2D eigenvalue weighted by atomic mass is 19.1. The quantitative estimate of drug-likeness (QED) is 0.476. The average Bonchev–Trinajstić information content (AvgIpc) is 2.73. The van der Waals surface area contributed by atoms with Crippen LogP contribution in [0, 0.1) is 16.6 Å². The van der Waals surface area contributed by atoms with Crippen LogP contribution in [0.15, 0.2) is 42.1 Å². The summed E-state index contributed by atoms with van der Waals surface area (Å²) in [6, 6.07) is 5.76. The Kier molecular flexibility index (Phi) is 6.64. The number of ether oxygens (including phenoxy) is 1. The van der Waals surface area contributed by atoms with Gasteiger partial charge in [0, 0.05) is 65.2 Å². The Morgan fingerprint density at radius 3 is 2.87 bits per heavy atom. The van der Waals surface area contributed by atoms with Gasteiger partial charge < -0.3 is 26.5 Å². The first kappa shape index (κ1) is 21.9. The molecule has 9 heteroatoms. The zero-order valence-electron chi connectivity index (χ0n) is 17.2. The molecule has 6 N–H and O–H groups in total. The summed E-state index contributed by atoms with van der Waals surface area (Å²) in [6.45, 7) is 4.38. The average molecular weight is 426 g/mol. The van der Waals surface area contributed by atoms with E-state index in [1.165, 1.54) is 24.4 Å². The number of fused-ring (bicyclic) bond motifs is 3. The van der Waals surface area contributed by atoms with Gasteiger partial charge in [-0.25, -0.2) is 9.37 Å². The Bertz CT molecular complexity index is 1080. The van der Waals surface area contributed by atoms with E-state index in [-0.39, 0.29) is 18.1 Å². The van der Waals surface area contributed by atoms with Crippen LogP contribution in [0.4, 0.5) is 14.6 Å². The molecule has 7 nitrogen and oxygen atoms in total. The van der Waals surface area contributed by atoms with Crippen LogP contribution >= 0.6 is 0 Å². The SMILES string of the molecule is CCN/C1=C(\C=N)CN/C(=C\C(=N)F)c2ccc(F)cc2[C@@H](C)Oc2cc1cnc2N. The molecule has 0 saturated carbocycles. The minimum atomic E-state index is -1.16. The lowest BCUT2D eigenvalue weighted by molar-refractivity contribution is 0.226. The van der Waals surface area contributed by atoms with Gasteiger partial charge in [-0.15, -0.1) is 0 Å². The van der Waals surface area contributed by atoms with Gasteiger partial charge in [-0.1, -0.05) is 0 Å². The van der Waals surface area contributed by atoms with E-state index >= 15 is 0 Å². The molecule has 162 valence electrons. The van der Waals surface area contributed by atoms with Gasteiger partial charge in [0.15, 0.2) is 11.6 Å². The van der Waals surface area contributed by atoms with E-state index in [4.69, 9.17) is 21.3 Å². The Balaban J connectivity index is 2.27. The fraction of sp³-hybridized carbons (Fsp3) is 0.227. The van der Waals surface area contributed by atoms with Crippen molar-refractivity contribution in [2.45, 2.75) is 20.0 Å². The van der Waals surface area contributed by atoms with E-state index < -0.39 is 17.9 Å². The van der Waals surface area contributed by atoms with Crippen LogP contribution in [0.1, 0.15) is 36.6 Å². The van der Waals surface area contributed by atoms with Crippen molar-refractivity contribution in [1.29, 1.82) is 10.8 Å². The van der Waals surface area contributed by atoms with E-state index in [1.54, 1.807) is 19.2 Å². The normalized spacial score (nSPS) is 19.9. The van der Waals surface area contributed by atoms with Crippen LogP contribution < -0.4 is 21.1 Å². The highest BCUT2D eigenvalue weighted by Crippen LogP contribution is 2.33. The monoisotopic (exact) mass is 426 g/mol. The minimum absolute atomic E-state index is 0.150. The number of pyridine rings is 1. The van der Waals surface area contributed by atoms with Crippen LogP contribution in [0.2, 0.25) is 0 Å². The molecule has 0 amide bonds. The summed E-state index contributed by atoms with van der Waals surface area (Å²) in [5, 5.41) is 21.5. The van der Waals surface area contributed by atoms with Gasteiger partial charge in [-0.05, 0) is 38.1 Å². The number of anilines is 1. The molecule has 1 aromatic carbocycles. The number of nitrogen functional groups attached to an aromatic ring is 1. The van der Waals surface area contributed by atoms with Crippen molar-refractivity contribution in [3.8, 4) is 5.75 Å². The molecular weight excluding hydrogens is 402 g/mol. The molecular formula is C22H24F2N6O. The maximum absolute atomic E-state index is 14.1. The topological polar surface area (TPSA) is 120 Å². The van der Waals surface area contributed by atoms with Gasteiger partial charge >= 0.3 is 0 Å². The zero-order valence-corrected chi connectivity index (χ0v) is 17.2. The maximum atomic E-state index is 14.1. The third-order valence-corrected chi connectivity index (χ3v) is 4.81. The fourth-order valence-electron chi connectivity index (χ4n) is 3.39. The molecule has 1 aromatic heterocycles. The van der Waals surface area contributed by atoms with Crippen molar-refractivity contribution in [2.75, 3.05) is 18.8 Å². The molecule has 3 rings (SSSR count). The lowest BCUT2D eigenvalue weighted by atomic mass is 9.99. The molecule has 1 aliphatic rings. The largest absolute Gasteiger partial charge is 0.482 e. The second-order valence-corrected chi connectivity index (χ2v) is 6.93. The summed E-state index contributed by atoms with van der Waals surface area (Å²) in [4.78, 5) is 4.21. The molecule has 0 fully saturated rings. The summed E-state index contributed by atoms with van der Waals surface area (Å²) < 4.78 is 33.7. The molecule has 0 saturated heterocycles. The van der Waals surface area contributed by atoms with Crippen molar-refractivity contribution < 1.29 is 13.5 Å². The Hall–Kier alpha value is -3.75. The number of allylic oxidation sites excluding steroid dienone is 1. The Labute approximate surface area is 179 Å². The first-order chi connectivity index (χ1) is 14.8. The summed E-state index contributed by atoms with van der Waals surface area (Å²) in [5.41, 5.74) is 9.05. The molecule has 2 aromatic rings. The number of benzene rings is 1. The van der Waals surface area contributed by atoms with Gasteiger partial charge in [0.1, 0.15) is 11.9 Å². The third-order valence-electron chi connectivity index (χ3n) is 4.81. The number of nitrogens with one attached hydrogen (secondary N) is 4. The molecule has 2 heterocycles. The second kappa shape index (κ2) is 9.38. The number of hydrogen-bond donors (Lipinski definition) is 5. The zero-order chi connectivity index (χ0) is 22.5. The standard InChI is InChI=1S/C22H24F2N6O/c1-3-28-21-13-6-19(22(27)30-10-13)31-12(2)17-7-15(23)4-5-16(17)18(8-20(24)26)29-11-14(21)9-25/h4-10,12,25-26,28-29H,3,11H2,1-2H3,(H2,27,30)/b18-8-,21-14+,25-9?,26-20?/t12-/m1/s1. The van der Waals surface area contributed by atoms with Crippen LogP contribution in [-0.4, -0.2) is 30.3 Å². The van der Waals surface area contributed by atoms with Crippen LogP contribution in [-0.2, 0) is 0 Å². The summed E-state index contributed by atoms with van der Waals surface area (Å²) >= 11 is 0. The maximum Gasteiger partial charge on any atom is 0.207 e. The van der Waals surface area contributed by atoms with Crippen LogP contribution in [0.3, 0.4) is 0 Å². The van der Waals surface area contributed by atoms with Crippen molar-refractivity contribution in [3.05, 3.63) is 64.6 Å². The molecule has 31 heavy (non-hydrogen) atoms. The predicted molar refractivity (Wildman–Crippen MR) is 118 cm³/mol. The number of hydrogen-bond acceptors (Lipinski definition) is 7. The van der Waals surface area contributed by atoms with E-state index in [0.29, 0.717) is 40.3 Å². The van der Waals surface area contributed by atoms with Crippen molar-refractivity contribution >= 4 is 29.4 Å². The molecule has 0 spiro atoms. The summed E-state index contributed by atoms with van der Waals surface area (Å²) in [6.07, 6.45) is 3.11. The van der Waals surface area contributed by atoms with Gasteiger partial charge in [-0.2, -0.15) is 4.39 Å². The smallest absolute Gasteiger partial charge is 0.207 e. The predicted octanol–water partition coefficient (Wildman–Crippen LogP) is 3.80. The molecule has 1 atom stereocenters. The van der Waals surface area contributed by atoms with Crippen LogP contribution in [0.5, 0.6) is 5.75 Å². The Morgan fingerprint density at radius 2 is 2.19 bits per heavy atom. The van der Waals surface area contributed by atoms with Gasteiger partial charge in [0.05, 0.1) is 0 Å². The first-order valence-corrected chi connectivity index (χ1v) is 9.73. The molecule has 0 radical (unpaired) electrons. The lowest BCUT2D eigenvalue weighted by Gasteiger charge is -2.24. The van der Waals surface area contributed by atoms with Crippen LogP contribution in [0.25, 0.3) is 11.4 Å². The third kappa shape index (κ3) is 4.88. The molecule has 0 aliphatic carbocycles. The van der Waals surface area contributed by atoms with E-state index in [2.05, 4.69) is 15.6 Å². The number of nitrogens with zero attached hydrogens (tertiary/aromatic N) is 1. The fourth-order valence-corrected chi connectivity index (χ4v) is 3.39. The van der Waals surface area contributed by atoms with Gasteiger partial charge in [0.2, 0.25) is 5.97 Å². The molecule has 1 aliphatic heterocycles. The van der Waals surface area contributed by atoms with Crippen molar-refractivity contribution in [1.82, 2.24) is 15.6 Å². The summed E-state index contributed by atoms with van der Waals surface area (Å²) in [5.74, 6) is -1.18. The summed E-state index contributed by atoms with van der Waals surface area (Å²) in [7, 11) is 0. The highest BCUT2D eigenvalue weighted by Gasteiger charge is 2.21. The Morgan fingerprint density at radius 1 is 1.42 bits per heavy atom. The second-order valence-electron chi connectivity index (χ2n) is 6.93. The van der Waals surface area contributed by atoms with Crippen molar-refractivity contribution in [3.63, 3.8) is 0 Å². The van der Waals surface area contributed by atoms with E-state index in [1.807, 2.05) is 6.92 Å². The van der Waals surface area contributed by atoms with Crippen molar-refractivity contribution in [2.24, 2.45) is 0 Å². The van der Waals surface area contributed by atoms with E-state index in [9.17, 15) is 8.78 Å². The van der Waals surface area contributed by atoms with Gasteiger partial charge in [-0.3, -0.25) is 5.41 Å². The molecule has 2 bridgehead atoms. The number of rotatable bonds is 4. The van der Waals surface area contributed by atoms with Gasteiger partial charge in [0.25, 0.3) is 0 Å². The minimum Gasteiger partial charge on any atom is -0.482 e. The molecule has 0 unspecified atom stereocenters. The highest BCUT2D eigenvalue weighted by molar-refractivity contribution is 5.94. The lowest BCUT2D eigenvalue weighted by Crippen LogP contribution is -2.24. The van der Waals surface area contributed by atoms with E-state index in [0.717, 1.165) is 6.08 Å². The number of aromatic nitrogens is 1.